The van der Waals surface area contributed by atoms with Gasteiger partial charge in [-0.1, -0.05) is 26.7 Å². The summed E-state index contributed by atoms with van der Waals surface area (Å²) in [4.78, 5) is 5.09. The summed E-state index contributed by atoms with van der Waals surface area (Å²) in [7, 11) is 0. The predicted molar refractivity (Wildman–Crippen MR) is 80.3 cm³/mol. The van der Waals surface area contributed by atoms with Gasteiger partial charge in [0.25, 0.3) is 0 Å². The van der Waals surface area contributed by atoms with Crippen molar-refractivity contribution < 1.29 is 5.11 Å². The summed E-state index contributed by atoms with van der Waals surface area (Å²) in [5.41, 5.74) is 0.225. The Labute approximate surface area is 119 Å². The second kappa shape index (κ2) is 7.05. The summed E-state index contributed by atoms with van der Waals surface area (Å²) in [6.07, 6.45) is 6.58. The Morgan fingerprint density at radius 1 is 1.26 bits per heavy atom. The molecule has 1 unspecified atom stereocenters. The first kappa shape index (κ1) is 15.3. The van der Waals surface area contributed by atoms with Crippen LogP contribution in [0.15, 0.2) is 0 Å². The molecule has 3 nitrogen and oxygen atoms in total. The van der Waals surface area contributed by atoms with Gasteiger partial charge in [0.2, 0.25) is 0 Å². The number of aliphatic hydroxyl groups excluding tert-OH is 1. The number of hydrogen-bond acceptors (Lipinski definition) is 3. The van der Waals surface area contributed by atoms with Crippen LogP contribution >= 0.6 is 0 Å². The van der Waals surface area contributed by atoms with E-state index < -0.39 is 0 Å². The van der Waals surface area contributed by atoms with Crippen LogP contribution in [-0.2, 0) is 0 Å². The molecule has 1 aliphatic carbocycles. The Kier molecular flexibility index (Phi) is 5.67. The van der Waals surface area contributed by atoms with Crippen LogP contribution in [0, 0.1) is 11.3 Å². The van der Waals surface area contributed by atoms with Gasteiger partial charge >= 0.3 is 0 Å². The molecule has 0 amide bonds. The average Bonchev–Trinajstić information content (AvgIpc) is 3.24. The molecule has 19 heavy (non-hydrogen) atoms. The largest absolute Gasteiger partial charge is 0.396 e. The maximum absolute atomic E-state index is 9.87. The standard InChI is InChI=1S/C16H32N2O/c1-3-17(4-2)10-11-18-9-5-8-16(13-18,14-19)12-15-6-7-15/h15,19H,3-14H2,1-2H3. The van der Waals surface area contributed by atoms with Gasteiger partial charge in [0.1, 0.15) is 0 Å². The number of likely N-dealkylation sites (N-methyl/N-ethyl adjacent to an activating group) is 1. The monoisotopic (exact) mass is 268 g/mol. The predicted octanol–water partition coefficient (Wildman–Crippen LogP) is 2.20. The van der Waals surface area contributed by atoms with Gasteiger partial charge in [-0.25, -0.2) is 0 Å². The van der Waals surface area contributed by atoms with Gasteiger partial charge in [-0.05, 0) is 44.8 Å². The quantitative estimate of drug-likeness (QED) is 0.731. The number of aliphatic hydroxyl groups is 1. The highest BCUT2D eigenvalue weighted by Crippen LogP contribution is 2.44. The lowest BCUT2D eigenvalue weighted by atomic mass is 9.76. The van der Waals surface area contributed by atoms with Gasteiger partial charge in [0, 0.05) is 31.7 Å². The van der Waals surface area contributed by atoms with Crippen LogP contribution in [0.25, 0.3) is 0 Å². The van der Waals surface area contributed by atoms with Crippen LogP contribution < -0.4 is 0 Å². The van der Waals surface area contributed by atoms with E-state index in [0.717, 1.165) is 25.6 Å². The molecule has 0 radical (unpaired) electrons. The third kappa shape index (κ3) is 4.44. The van der Waals surface area contributed by atoms with E-state index in [0.29, 0.717) is 6.61 Å². The van der Waals surface area contributed by atoms with Crippen molar-refractivity contribution in [3.05, 3.63) is 0 Å². The Bertz CT molecular complexity index is 263. The fraction of sp³-hybridized carbons (Fsp3) is 1.00. The lowest BCUT2D eigenvalue weighted by molar-refractivity contribution is 0.0181. The molecule has 3 heteroatoms. The first-order valence-corrected chi connectivity index (χ1v) is 8.27. The second-order valence-corrected chi connectivity index (χ2v) is 6.71. The van der Waals surface area contributed by atoms with Crippen molar-refractivity contribution >= 4 is 0 Å². The van der Waals surface area contributed by atoms with Crippen molar-refractivity contribution in [3.8, 4) is 0 Å². The summed E-state index contributed by atoms with van der Waals surface area (Å²) in [6.45, 7) is 11.9. The van der Waals surface area contributed by atoms with Crippen molar-refractivity contribution in [3.63, 3.8) is 0 Å². The van der Waals surface area contributed by atoms with E-state index in [1.807, 2.05) is 0 Å². The third-order valence-corrected chi connectivity index (χ3v) is 5.12. The van der Waals surface area contributed by atoms with Crippen LogP contribution in [0.1, 0.15) is 46.0 Å². The summed E-state index contributed by atoms with van der Waals surface area (Å²) < 4.78 is 0. The molecule has 1 atom stereocenters. The third-order valence-electron chi connectivity index (χ3n) is 5.12. The Morgan fingerprint density at radius 2 is 2.00 bits per heavy atom. The van der Waals surface area contributed by atoms with Gasteiger partial charge in [-0.15, -0.1) is 0 Å². The summed E-state index contributed by atoms with van der Waals surface area (Å²) in [6, 6.07) is 0. The minimum absolute atomic E-state index is 0.225. The smallest absolute Gasteiger partial charge is 0.0499 e. The van der Waals surface area contributed by atoms with Gasteiger partial charge in [-0.2, -0.15) is 0 Å². The fourth-order valence-corrected chi connectivity index (χ4v) is 3.62. The number of piperidine rings is 1. The highest BCUT2D eigenvalue weighted by atomic mass is 16.3. The summed E-state index contributed by atoms with van der Waals surface area (Å²) in [5, 5.41) is 9.87. The Balaban J connectivity index is 1.81. The molecule has 0 aromatic rings. The molecule has 0 aromatic carbocycles. The van der Waals surface area contributed by atoms with E-state index >= 15 is 0 Å². The molecule has 2 rings (SSSR count). The first-order chi connectivity index (χ1) is 9.21. The van der Waals surface area contributed by atoms with E-state index in [2.05, 4.69) is 23.6 Å². The fourth-order valence-electron chi connectivity index (χ4n) is 3.62. The minimum atomic E-state index is 0.225. The zero-order valence-corrected chi connectivity index (χ0v) is 12.9. The van der Waals surface area contributed by atoms with Crippen molar-refractivity contribution in [2.75, 3.05) is 45.9 Å². The molecule has 0 bridgehead atoms. The molecule has 112 valence electrons. The van der Waals surface area contributed by atoms with E-state index in [9.17, 15) is 5.11 Å². The highest BCUT2D eigenvalue weighted by Gasteiger charge is 2.39. The highest BCUT2D eigenvalue weighted by molar-refractivity contribution is 4.91. The van der Waals surface area contributed by atoms with E-state index in [1.165, 1.54) is 51.7 Å². The zero-order chi connectivity index (χ0) is 13.7. The molecule has 0 aromatic heterocycles. The molecule has 1 heterocycles. The maximum Gasteiger partial charge on any atom is 0.0499 e. The zero-order valence-electron chi connectivity index (χ0n) is 12.9. The first-order valence-electron chi connectivity index (χ1n) is 8.27. The van der Waals surface area contributed by atoms with Crippen LogP contribution in [-0.4, -0.2) is 60.8 Å². The number of likely N-dealkylation sites (tertiary alicyclic amines) is 1. The van der Waals surface area contributed by atoms with Gasteiger partial charge in [-0.3, -0.25) is 0 Å². The Morgan fingerprint density at radius 3 is 2.58 bits per heavy atom. The van der Waals surface area contributed by atoms with E-state index in [-0.39, 0.29) is 5.41 Å². The average molecular weight is 268 g/mol. The molecular formula is C16H32N2O. The van der Waals surface area contributed by atoms with Crippen molar-refractivity contribution in [2.24, 2.45) is 11.3 Å². The SMILES string of the molecule is CCN(CC)CCN1CCCC(CO)(CC2CC2)C1. The van der Waals surface area contributed by atoms with Gasteiger partial charge in [0.05, 0.1) is 0 Å². The molecule has 1 N–H and O–H groups in total. The van der Waals surface area contributed by atoms with Crippen molar-refractivity contribution in [1.82, 2.24) is 9.80 Å². The molecule has 2 aliphatic rings. The molecule has 2 fully saturated rings. The summed E-state index contributed by atoms with van der Waals surface area (Å²) in [5.74, 6) is 0.926. The number of nitrogens with zero attached hydrogens (tertiary/aromatic N) is 2. The lowest BCUT2D eigenvalue weighted by Crippen LogP contribution is -2.47. The van der Waals surface area contributed by atoms with Crippen molar-refractivity contribution in [1.29, 1.82) is 0 Å². The summed E-state index contributed by atoms with van der Waals surface area (Å²) >= 11 is 0. The van der Waals surface area contributed by atoms with Gasteiger partial charge < -0.3 is 14.9 Å². The van der Waals surface area contributed by atoms with Crippen LogP contribution in [0.4, 0.5) is 0 Å². The molecular weight excluding hydrogens is 236 g/mol. The van der Waals surface area contributed by atoms with Crippen LogP contribution in [0.2, 0.25) is 0 Å². The normalized spacial score (nSPS) is 29.1. The lowest BCUT2D eigenvalue weighted by Gasteiger charge is -2.42. The van der Waals surface area contributed by atoms with E-state index in [4.69, 9.17) is 0 Å². The molecule has 1 aliphatic heterocycles. The van der Waals surface area contributed by atoms with Gasteiger partial charge in [0.15, 0.2) is 0 Å². The topological polar surface area (TPSA) is 26.7 Å². The Hall–Kier alpha value is -0.120. The molecule has 1 saturated carbocycles. The second-order valence-electron chi connectivity index (χ2n) is 6.71. The number of rotatable bonds is 8. The maximum atomic E-state index is 9.87. The molecule has 0 spiro atoms. The van der Waals surface area contributed by atoms with Crippen molar-refractivity contribution in [2.45, 2.75) is 46.0 Å². The number of hydrogen-bond donors (Lipinski definition) is 1. The van der Waals surface area contributed by atoms with Crippen LogP contribution in [0.3, 0.4) is 0 Å². The molecule has 1 saturated heterocycles. The van der Waals surface area contributed by atoms with Crippen LogP contribution in [0.5, 0.6) is 0 Å². The van der Waals surface area contributed by atoms with E-state index in [1.54, 1.807) is 0 Å². The minimum Gasteiger partial charge on any atom is -0.396 e.